The molecule has 2 atom stereocenters. The zero-order valence-corrected chi connectivity index (χ0v) is 13.1. The van der Waals surface area contributed by atoms with Gasteiger partial charge in [-0.15, -0.1) is 0 Å². The molecule has 1 aliphatic heterocycles. The molecule has 2 N–H and O–H groups in total. The van der Waals surface area contributed by atoms with Gasteiger partial charge in [0.2, 0.25) is 0 Å². The van der Waals surface area contributed by atoms with Gasteiger partial charge in [-0.25, -0.2) is 9.78 Å². The van der Waals surface area contributed by atoms with E-state index in [0.717, 1.165) is 25.3 Å². The van der Waals surface area contributed by atoms with Gasteiger partial charge >= 0.3 is 5.97 Å². The van der Waals surface area contributed by atoms with Crippen molar-refractivity contribution in [3.8, 4) is 0 Å². The van der Waals surface area contributed by atoms with E-state index >= 15 is 0 Å². The second-order valence-electron chi connectivity index (χ2n) is 6.74. The number of rotatable bonds is 4. The third-order valence-corrected chi connectivity index (χ3v) is 3.89. The van der Waals surface area contributed by atoms with Crippen molar-refractivity contribution in [2.45, 2.75) is 45.6 Å². The van der Waals surface area contributed by atoms with Gasteiger partial charge < -0.3 is 15.2 Å². The lowest BCUT2D eigenvalue weighted by Crippen LogP contribution is -2.27. The first-order chi connectivity index (χ1) is 9.77. The van der Waals surface area contributed by atoms with Crippen molar-refractivity contribution >= 4 is 11.8 Å². The second-order valence-corrected chi connectivity index (χ2v) is 6.74. The Kier molecular flexibility index (Phi) is 4.52. The van der Waals surface area contributed by atoms with Gasteiger partial charge in [0.1, 0.15) is 5.82 Å². The summed E-state index contributed by atoms with van der Waals surface area (Å²) in [4.78, 5) is 15.9. The van der Waals surface area contributed by atoms with Crippen molar-refractivity contribution in [2.75, 3.05) is 18.5 Å². The van der Waals surface area contributed by atoms with Crippen LogP contribution in [0.1, 0.15) is 50.2 Å². The van der Waals surface area contributed by atoms with Gasteiger partial charge in [-0.3, -0.25) is 0 Å². The van der Waals surface area contributed by atoms with Crippen LogP contribution < -0.4 is 5.32 Å². The Bertz CT molecular complexity index is 517. The van der Waals surface area contributed by atoms with Crippen LogP contribution in [0.2, 0.25) is 0 Å². The zero-order valence-electron chi connectivity index (χ0n) is 13.1. The Balaban J connectivity index is 2.25. The van der Waals surface area contributed by atoms with Gasteiger partial charge in [-0.2, -0.15) is 0 Å². The summed E-state index contributed by atoms with van der Waals surface area (Å²) >= 11 is 0. The van der Waals surface area contributed by atoms with Crippen LogP contribution in [0.4, 0.5) is 5.82 Å². The molecule has 0 bridgehead atoms. The Hall–Kier alpha value is -1.62. The van der Waals surface area contributed by atoms with Gasteiger partial charge in [-0.05, 0) is 25.5 Å². The second kappa shape index (κ2) is 6.02. The monoisotopic (exact) mass is 292 g/mol. The molecule has 1 aromatic heterocycles. The molecule has 0 radical (unpaired) electrons. The highest BCUT2D eigenvalue weighted by Gasteiger charge is 2.24. The number of aromatic carboxylic acids is 1. The lowest BCUT2D eigenvalue weighted by Gasteiger charge is -2.23. The van der Waals surface area contributed by atoms with E-state index in [-0.39, 0.29) is 17.0 Å². The van der Waals surface area contributed by atoms with E-state index in [2.05, 4.69) is 17.2 Å². The summed E-state index contributed by atoms with van der Waals surface area (Å²) in [6, 6.07) is 3.46. The number of carbonyl (C=O) groups is 1. The summed E-state index contributed by atoms with van der Waals surface area (Å²) in [7, 11) is 0. The van der Waals surface area contributed by atoms with Crippen LogP contribution in [0.5, 0.6) is 0 Å². The standard InChI is InChI=1S/C16H24N2O3/c1-10(11-5-6-21-9-11)17-14-8-12(15(19)20)7-13(18-14)16(2,3)4/h7-8,10-11H,5-6,9H2,1-4H3,(H,17,18)(H,19,20). The average molecular weight is 292 g/mol. The van der Waals surface area contributed by atoms with Gasteiger partial charge in [0.25, 0.3) is 0 Å². The first-order valence-corrected chi connectivity index (χ1v) is 7.37. The van der Waals surface area contributed by atoms with Crippen molar-refractivity contribution in [3.05, 3.63) is 23.4 Å². The molecule has 0 aliphatic carbocycles. The molecule has 5 heteroatoms. The summed E-state index contributed by atoms with van der Waals surface area (Å²) in [6.07, 6.45) is 1.03. The van der Waals surface area contributed by atoms with Gasteiger partial charge in [0.05, 0.1) is 12.2 Å². The van der Waals surface area contributed by atoms with Crippen molar-refractivity contribution in [1.82, 2.24) is 4.98 Å². The third kappa shape index (κ3) is 3.94. The quantitative estimate of drug-likeness (QED) is 0.892. The molecule has 2 heterocycles. The molecule has 1 fully saturated rings. The number of ether oxygens (including phenoxy) is 1. The molecule has 5 nitrogen and oxygen atoms in total. The molecule has 1 saturated heterocycles. The highest BCUT2D eigenvalue weighted by atomic mass is 16.5. The number of carboxylic acid groups (broad SMARTS) is 1. The highest BCUT2D eigenvalue weighted by Crippen LogP contribution is 2.25. The smallest absolute Gasteiger partial charge is 0.335 e. The Labute approximate surface area is 125 Å². The van der Waals surface area contributed by atoms with E-state index in [4.69, 9.17) is 4.74 Å². The van der Waals surface area contributed by atoms with Crippen molar-refractivity contribution in [1.29, 1.82) is 0 Å². The SMILES string of the molecule is CC(Nc1cc(C(=O)O)cc(C(C)(C)C)n1)C1CCOC1. The molecule has 0 aromatic carbocycles. The fraction of sp³-hybridized carbons (Fsp3) is 0.625. The molecular formula is C16H24N2O3. The molecule has 1 aliphatic rings. The molecule has 2 unspecified atom stereocenters. The van der Waals surface area contributed by atoms with E-state index < -0.39 is 5.97 Å². The summed E-state index contributed by atoms with van der Waals surface area (Å²) in [5.74, 6) is 0.139. The minimum absolute atomic E-state index is 0.193. The lowest BCUT2D eigenvalue weighted by atomic mass is 9.90. The molecule has 0 spiro atoms. The largest absolute Gasteiger partial charge is 0.478 e. The molecule has 21 heavy (non-hydrogen) atoms. The molecule has 1 aromatic rings. The van der Waals surface area contributed by atoms with E-state index in [1.807, 2.05) is 20.8 Å². The maximum Gasteiger partial charge on any atom is 0.335 e. The number of hydrogen-bond donors (Lipinski definition) is 2. The minimum Gasteiger partial charge on any atom is -0.478 e. The average Bonchev–Trinajstić information content (AvgIpc) is 2.91. The van der Waals surface area contributed by atoms with Crippen LogP contribution in [0.15, 0.2) is 12.1 Å². The Morgan fingerprint density at radius 2 is 2.19 bits per heavy atom. The van der Waals surface area contributed by atoms with Crippen molar-refractivity contribution in [2.24, 2.45) is 5.92 Å². The topological polar surface area (TPSA) is 71.5 Å². The highest BCUT2D eigenvalue weighted by molar-refractivity contribution is 5.88. The maximum absolute atomic E-state index is 11.3. The third-order valence-electron chi connectivity index (χ3n) is 3.89. The van der Waals surface area contributed by atoms with E-state index in [1.54, 1.807) is 12.1 Å². The maximum atomic E-state index is 11.3. The Morgan fingerprint density at radius 1 is 1.48 bits per heavy atom. The predicted octanol–water partition coefficient (Wildman–Crippen LogP) is 2.91. The van der Waals surface area contributed by atoms with Gasteiger partial charge in [0.15, 0.2) is 0 Å². The Morgan fingerprint density at radius 3 is 2.71 bits per heavy atom. The van der Waals surface area contributed by atoms with Crippen LogP contribution in [-0.2, 0) is 10.2 Å². The minimum atomic E-state index is -0.928. The molecule has 0 saturated carbocycles. The fourth-order valence-corrected chi connectivity index (χ4v) is 2.41. The van der Waals surface area contributed by atoms with E-state index in [9.17, 15) is 9.90 Å². The van der Waals surface area contributed by atoms with E-state index in [0.29, 0.717) is 11.7 Å². The first kappa shape index (κ1) is 15.8. The number of hydrogen-bond acceptors (Lipinski definition) is 4. The fourth-order valence-electron chi connectivity index (χ4n) is 2.41. The number of aromatic nitrogens is 1. The lowest BCUT2D eigenvalue weighted by molar-refractivity contribution is 0.0696. The van der Waals surface area contributed by atoms with Gasteiger partial charge in [-0.1, -0.05) is 20.8 Å². The number of nitrogens with one attached hydrogen (secondary N) is 1. The van der Waals surface area contributed by atoms with Crippen molar-refractivity contribution < 1.29 is 14.6 Å². The zero-order chi connectivity index (χ0) is 15.6. The number of carboxylic acids is 1. The molecule has 0 amide bonds. The van der Waals surface area contributed by atoms with Crippen LogP contribution in [-0.4, -0.2) is 35.3 Å². The van der Waals surface area contributed by atoms with Crippen LogP contribution >= 0.6 is 0 Å². The van der Waals surface area contributed by atoms with E-state index in [1.165, 1.54) is 0 Å². The molecule has 116 valence electrons. The predicted molar refractivity (Wildman–Crippen MR) is 81.9 cm³/mol. The summed E-state index contributed by atoms with van der Waals surface area (Å²) in [5, 5.41) is 12.6. The number of anilines is 1. The van der Waals surface area contributed by atoms with Crippen molar-refractivity contribution in [3.63, 3.8) is 0 Å². The summed E-state index contributed by atoms with van der Waals surface area (Å²) < 4.78 is 5.40. The number of pyridine rings is 1. The molecular weight excluding hydrogens is 268 g/mol. The van der Waals surface area contributed by atoms with Crippen LogP contribution in [0.25, 0.3) is 0 Å². The molecule has 2 rings (SSSR count). The first-order valence-electron chi connectivity index (χ1n) is 7.37. The summed E-state index contributed by atoms with van der Waals surface area (Å²) in [5.41, 5.74) is 0.855. The van der Waals surface area contributed by atoms with Crippen LogP contribution in [0.3, 0.4) is 0 Å². The summed E-state index contributed by atoms with van der Waals surface area (Å²) in [6.45, 7) is 9.72. The number of nitrogens with zero attached hydrogens (tertiary/aromatic N) is 1. The van der Waals surface area contributed by atoms with Gasteiger partial charge in [0, 0.05) is 29.7 Å². The van der Waals surface area contributed by atoms with Crippen LogP contribution in [0, 0.1) is 5.92 Å². The normalized spacial score (nSPS) is 20.3.